The van der Waals surface area contributed by atoms with Crippen LogP contribution >= 0.6 is 0 Å². The summed E-state index contributed by atoms with van der Waals surface area (Å²) in [5, 5.41) is 7.97. The van der Waals surface area contributed by atoms with E-state index in [0.29, 0.717) is 0 Å². The average molecular weight is 261 g/mol. The lowest BCUT2D eigenvalue weighted by Crippen LogP contribution is -2.18. The zero-order valence-corrected chi connectivity index (χ0v) is 12.4. The van der Waals surface area contributed by atoms with Gasteiger partial charge in [-0.15, -0.1) is 0 Å². The molecule has 2 aromatic rings. The molecule has 2 rings (SSSR count). The van der Waals surface area contributed by atoms with E-state index >= 15 is 0 Å². The molecular formula is C15H23N3O. The van der Waals surface area contributed by atoms with E-state index in [1.54, 1.807) is 0 Å². The van der Waals surface area contributed by atoms with Gasteiger partial charge in [0.2, 0.25) is 0 Å². The van der Waals surface area contributed by atoms with Gasteiger partial charge >= 0.3 is 0 Å². The minimum absolute atomic E-state index is 0.0690. The topological polar surface area (TPSA) is 43.0 Å². The quantitative estimate of drug-likeness (QED) is 0.920. The molecule has 0 atom stereocenters. The smallest absolute Gasteiger partial charge is 0.117 e. The minimum Gasteiger partial charge on any atom is -0.465 e. The maximum absolute atomic E-state index is 5.54. The van der Waals surface area contributed by atoms with Gasteiger partial charge in [0.05, 0.1) is 12.2 Å². The van der Waals surface area contributed by atoms with Crippen molar-refractivity contribution in [3.05, 3.63) is 41.1 Å². The molecule has 0 aromatic carbocycles. The van der Waals surface area contributed by atoms with Crippen molar-refractivity contribution < 1.29 is 4.42 Å². The van der Waals surface area contributed by atoms with E-state index in [-0.39, 0.29) is 5.41 Å². The fraction of sp³-hybridized carbons (Fsp3) is 0.533. The summed E-state index contributed by atoms with van der Waals surface area (Å²) in [6.07, 6.45) is 2.08. The van der Waals surface area contributed by atoms with Crippen LogP contribution in [0.25, 0.3) is 0 Å². The summed E-state index contributed by atoms with van der Waals surface area (Å²) in [7, 11) is 1.97. The molecule has 1 N–H and O–H groups in total. The third-order valence-electron chi connectivity index (χ3n) is 3.03. The van der Waals surface area contributed by atoms with Gasteiger partial charge in [-0.25, -0.2) is 0 Å². The van der Waals surface area contributed by atoms with Gasteiger partial charge < -0.3 is 9.73 Å². The highest BCUT2D eigenvalue weighted by Gasteiger charge is 2.21. The van der Waals surface area contributed by atoms with Crippen molar-refractivity contribution in [2.75, 3.05) is 0 Å². The third-order valence-corrected chi connectivity index (χ3v) is 3.03. The van der Waals surface area contributed by atoms with Crippen molar-refractivity contribution in [1.29, 1.82) is 0 Å². The number of nitrogens with one attached hydrogen (secondary N) is 1. The van der Waals surface area contributed by atoms with E-state index in [2.05, 4.69) is 37.4 Å². The number of aryl methyl sites for hydroxylation is 2. The molecule has 0 bridgehead atoms. The summed E-state index contributed by atoms with van der Waals surface area (Å²) >= 11 is 0. The van der Waals surface area contributed by atoms with Gasteiger partial charge in [-0.3, -0.25) is 4.68 Å². The number of furan rings is 1. The van der Waals surface area contributed by atoms with E-state index in [0.717, 1.165) is 30.3 Å². The zero-order chi connectivity index (χ0) is 14.0. The molecule has 0 radical (unpaired) electrons. The van der Waals surface area contributed by atoms with Gasteiger partial charge in [-0.05, 0) is 19.1 Å². The van der Waals surface area contributed by atoms with Crippen molar-refractivity contribution in [3.63, 3.8) is 0 Å². The monoisotopic (exact) mass is 261 g/mol. The Labute approximate surface area is 114 Å². The first-order valence-corrected chi connectivity index (χ1v) is 6.65. The Morgan fingerprint density at radius 1 is 1.26 bits per heavy atom. The Bertz CT molecular complexity index is 546. The van der Waals surface area contributed by atoms with E-state index < -0.39 is 0 Å². The molecule has 104 valence electrons. The highest BCUT2D eigenvalue weighted by Crippen LogP contribution is 2.24. The van der Waals surface area contributed by atoms with Crippen LogP contribution in [0.5, 0.6) is 0 Å². The van der Waals surface area contributed by atoms with E-state index in [1.807, 2.05) is 30.8 Å². The van der Waals surface area contributed by atoms with E-state index in [1.165, 1.54) is 5.56 Å². The van der Waals surface area contributed by atoms with Crippen molar-refractivity contribution in [3.8, 4) is 0 Å². The SMILES string of the molecule is Cc1ccc(CNCc2cn(C)nc2C(C)(C)C)o1. The molecule has 0 spiro atoms. The average Bonchev–Trinajstić information content (AvgIpc) is 2.85. The highest BCUT2D eigenvalue weighted by atomic mass is 16.3. The minimum atomic E-state index is 0.0690. The number of rotatable bonds is 4. The van der Waals surface area contributed by atoms with Gasteiger partial charge in [0, 0.05) is 30.8 Å². The summed E-state index contributed by atoms with van der Waals surface area (Å²) in [5.74, 6) is 1.92. The van der Waals surface area contributed by atoms with Crippen LogP contribution in [-0.2, 0) is 25.6 Å². The molecular weight excluding hydrogens is 238 g/mol. The number of hydrogen-bond donors (Lipinski definition) is 1. The van der Waals surface area contributed by atoms with Crippen LogP contribution in [0.15, 0.2) is 22.7 Å². The molecule has 0 aliphatic carbocycles. The third kappa shape index (κ3) is 3.47. The van der Waals surface area contributed by atoms with Gasteiger partial charge in [-0.1, -0.05) is 20.8 Å². The molecule has 2 aromatic heterocycles. The number of aromatic nitrogens is 2. The van der Waals surface area contributed by atoms with Crippen LogP contribution in [0.4, 0.5) is 0 Å². The summed E-state index contributed by atoms with van der Waals surface area (Å²) in [4.78, 5) is 0. The number of hydrogen-bond acceptors (Lipinski definition) is 3. The predicted octanol–water partition coefficient (Wildman–Crippen LogP) is 2.91. The van der Waals surface area contributed by atoms with Gasteiger partial charge in [0.25, 0.3) is 0 Å². The molecule has 0 aliphatic heterocycles. The van der Waals surface area contributed by atoms with Gasteiger partial charge in [-0.2, -0.15) is 5.10 Å². The van der Waals surface area contributed by atoms with Crippen LogP contribution in [-0.4, -0.2) is 9.78 Å². The molecule has 0 saturated heterocycles. The zero-order valence-electron chi connectivity index (χ0n) is 12.4. The van der Waals surface area contributed by atoms with Gasteiger partial charge in [0.1, 0.15) is 11.5 Å². The lowest BCUT2D eigenvalue weighted by atomic mass is 9.89. The van der Waals surface area contributed by atoms with Crippen LogP contribution < -0.4 is 5.32 Å². The lowest BCUT2D eigenvalue weighted by Gasteiger charge is -2.17. The standard InChI is InChI=1S/C15H23N3O/c1-11-6-7-13(19-11)9-16-8-12-10-18(5)17-14(12)15(2,3)4/h6-7,10,16H,8-9H2,1-5H3. The molecule has 0 saturated carbocycles. The second kappa shape index (κ2) is 5.21. The first-order valence-electron chi connectivity index (χ1n) is 6.65. The number of nitrogens with zero attached hydrogens (tertiary/aromatic N) is 2. The molecule has 0 aliphatic rings. The highest BCUT2D eigenvalue weighted by molar-refractivity contribution is 5.24. The van der Waals surface area contributed by atoms with Crippen molar-refractivity contribution in [1.82, 2.24) is 15.1 Å². The maximum atomic E-state index is 5.54. The van der Waals surface area contributed by atoms with E-state index in [4.69, 9.17) is 4.42 Å². The fourth-order valence-electron chi connectivity index (χ4n) is 2.20. The molecule has 4 heteroatoms. The first kappa shape index (κ1) is 13.9. The molecule has 0 unspecified atom stereocenters. The Balaban J connectivity index is 2.00. The fourth-order valence-corrected chi connectivity index (χ4v) is 2.20. The van der Waals surface area contributed by atoms with Crippen molar-refractivity contribution in [2.45, 2.75) is 46.2 Å². The van der Waals surface area contributed by atoms with Gasteiger partial charge in [0.15, 0.2) is 0 Å². The summed E-state index contributed by atoms with van der Waals surface area (Å²) in [6.45, 7) is 10.1. The molecule has 0 fully saturated rings. The Kier molecular flexibility index (Phi) is 3.80. The molecule has 4 nitrogen and oxygen atoms in total. The second-order valence-corrected chi connectivity index (χ2v) is 6.04. The second-order valence-electron chi connectivity index (χ2n) is 6.04. The van der Waals surface area contributed by atoms with Crippen LogP contribution in [0, 0.1) is 6.92 Å². The Hall–Kier alpha value is -1.55. The predicted molar refractivity (Wildman–Crippen MR) is 75.9 cm³/mol. The molecule has 2 heterocycles. The normalized spacial score (nSPS) is 12.1. The first-order chi connectivity index (χ1) is 8.86. The Morgan fingerprint density at radius 2 is 2.00 bits per heavy atom. The van der Waals surface area contributed by atoms with Crippen LogP contribution in [0.2, 0.25) is 0 Å². The summed E-state index contributed by atoms with van der Waals surface area (Å²) < 4.78 is 7.42. The maximum Gasteiger partial charge on any atom is 0.117 e. The van der Waals surface area contributed by atoms with Crippen molar-refractivity contribution in [2.24, 2.45) is 7.05 Å². The summed E-state index contributed by atoms with van der Waals surface area (Å²) in [6, 6.07) is 4.00. The largest absolute Gasteiger partial charge is 0.465 e. The van der Waals surface area contributed by atoms with Crippen LogP contribution in [0.1, 0.15) is 43.5 Å². The summed E-state index contributed by atoms with van der Waals surface area (Å²) in [5.41, 5.74) is 2.47. The molecule has 0 amide bonds. The Morgan fingerprint density at radius 3 is 2.58 bits per heavy atom. The van der Waals surface area contributed by atoms with Crippen molar-refractivity contribution >= 4 is 0 Å². The molecule has 19 heavy (non-hydrogen) atoms. The van der Waals surface area contributed by atoms with Crippen LogP contribution in [0.3, 0.4) is 0 Å². The lowest BCUT2D eigenvalue weighted by molar-refractivity contribution is 0.460. The van der Waals surface area contributed by atoms with E-state index in [9.17, 15) is 0 Å².